The van der Waals surface area contributed by atoms with Gasteiger partial charge < -0.3 is 14.9 Å². The normalized spacial score (nSPS) is 11.4. The van der Waals surface area contributed by atoms with Gasteiger partial charge in [0.2, 0.25) is 15.9 Å². The van der Waals surface area contributed by atoms with Crippen molar-refractivity contribution < 1.29 is 27.6 Å². The summed E-state index contributed by atoms with van der Waals surface area (Å²) in [6.07, 6.45) is 0. The molecule has 0 aliphatic rings. The van der Waals surface area contributed by atoms with E-state index in [-0.39, 0.29) is 33.8 Å². The number of H-pyrrole nitrogens is 1. The number of sulfonamides is 1. The predicted octanol–water partition coefficient (Wildman–Crippen LogP) is 1.72. The Hall–Kier alpha value is -4.27. The quantitative estimate of drug-likeness (QED) is 0.222. The topological polar surface area (TPSA) is 204 Å². The summed E-state index contributed by atoms with van der Waals surface area (Å²) in [6, 6.07) is 11.7. The van der Waals surface area contributed by atoms with Crippen molar-refractivity contribution >= 4 is 16.1 Å². The van der Waals surface area contributed by atoms with E-state index in [0.717, 1.165) is 0 Å². The van der Waals surface area contributed by atoms with E-state index < -0.39 is 16.1 Å². The number of hydrogen-bond acceptors (Lipinski definition) is 9. The second-order valence-corrected chi connectivity index (χ2v) is 8.59. The highest BCUT2D eigenvalue weighted by Crippen LogP contribution is 2.37. The van der Waals surface area contributed by atoms with Crippen molar-refractivity contribution in [2.45, 2.75) is 11.4 Å². The number of methoxy groups -OCH3 is 1. The van der Waals surface area contributed by atoms with Crippen LogP contribution in [0.4, 0.5) is 4.79 Å². The van der Waals surface area contributed by atoms with Crippen LogP contribution in [0.2, 0.25) is 0 Å². The van der Waals surface area contributed by atoms with Crippen molar-refractivity contribution in [2.24, 2.45) is 10.9 Å². The molecule has 0 bridgehead atoms. The molecule has 0 unspecified atom stereocenters. The molecule has 0 atom stereocenters. The summed E-state index contributed by atoms with van der Waals surface area (Å²) in [6.45, 7) is -0.361. The number of oxazole rings is 1. The molecule has 6 N–H and O–H groups in total. The number of urea groups is 1. The van der Waals surface area contributed by atoms with Gasteiger partial charge in [-0.2, -0.15) is 0 Å². The highest BCUT2D eigenvalue weighted by atomic mass is 32.2. The molecule has 2 heterocycles. The Balaban J connectivity index is 1.83. The zero-order chi connectivity index (χ0) is 24.5. The number of carbonyl (C=O) groups excluding carboxylic acids is 1. The SMILES string of the molecule is COc1ccc(-c2nc(-c3[nH]nnc3CN(O)C(N)=O)oc2-c2ccc(S(N)(=O)=O)cc2)cc1. The van der Waals surface area contributed by atoms with Crippen molar-refractivity contribution in [3.05, 3.63) is 54.2 Å². The second-order valence-electron chi connectivity index (χ2n) is 7.02. The number of amides is 2. The minimum absolute atomic E-state index is 0.0588. The monoisotopic (exact) mass is 485 g/mol. The summed E-state index contributed by atoms with van der Waals surface area (Å²) in [7, 11) is -2.33. The van der Waals surface area contributed by atoms with Crippen LogP contribution >= 0.6 is 0 Å². The van der Waals surface area contributed by atoms with Gasteiger partial charge in [-0.15, -0.1) is 5.10 Å². The lowest BCUT2D eigenvalue weighted by atomic mass is 10.1. The summed E-state index contributed by atoms with van der Waals surface area (Å²) in [5.41, 5.74) is 7.05. The number of rotatable bonds is 7. The molecule has 176 valence electrons. The minimum atomic E-state index is -3.87. The van der Waals surface area contributed by atoms with E-state index in [1.807, 2.05) is 0 Å². The fourth-order valence-electron chi connectivity index (χ4n) is 3.11. The standard InChI is InChI=1S/C20H19N7O6S/c1-32-13-6-2-11(3-7-13)16-18(12-4-8-14(9-5-12)34(22,30)31)33-19(23-16)17-15(24-26-25-17)10-27(29)20(21)28/h2-9,29H,10H2,1H3,(H2,21,28)(H2,22,30,31)(H,24,25,26). The van der Waals surface area contributed by atoms with Gasteiger partial charge in [-0.1, -0.05) is 5.21 Å². The van der Waals surface area contributed by atoms with E-state index in [1.54, 1.807) is 31.4 Å². The maximum absolute atomic E-state index is 11.6. The number of ether oxygens (including phenoxy) is 1. The Labute approximate surface area is 193 Å². The van der Waals surface area contributed by atoms with Gasteiger partial charge in [0.15, 0.2) is 5.76 Å². The number of primary amides is 1. The van der Waals surface area contributed by atoms with Crippen LogP contribution in [0.15, 0.2) is 57.8 Å². The average molecular weight is 485 g/mol. The fourth-order valence-corrected chi connectivity index (χ4v) is 3.63. The first kappa shape index (κ1) is 22.9. The largest absolute Gasteiger partial charge is 0.497 e. The number of aromatic amines is 1. The van der Waals surface area contributed by atoms with Gasteiger partial charge in [-0.3, -0.25) is 10.3 Å². The predicted molar refractivity (Wildman–Crippen MR) is 118 cm³/mol. The highest BCUT2D eigenvalue weighted by Gasteiger charge is 2.23. The summed E-state index contributed by atoms with van der Waals surface area (Å²) >= 11 is 0. The Morgan fingerprint density at radius 1 is 1.15 bits per heavy atom. The molecule has 0 aliphatic heterocycles. The molecule has 34 heavy (non-hydrogen) atoms. The first-order valence-electron chi connectivity index (χ1n) is 9.62. The molecule has 2 amide bonds. The van der Waals surface area contributed by atoms with E-state index in [4.69, 9.17) is 20.0 Å². The van der Waals surface area contributed by atoms with E-state index >= 15 is 0 Å². The van der Waals surface area contributed by atoms with Gasteiger partial charge in [-0.05, 0) is 48.5 Å². The second kappa shape index (κ2) is 8.93. The number of carbonyl (C=O) groups is 1. The summed E-state index contributed by atoms with van der Waals surface area (Å²) in [5.74, 6) is 1.02. The number of nitrogens with zero attached hydrogens (tertiary/aromatic N) is 4. The average Bonchev–Trinajstić information content (AvgIpc) is 3.45. The number of hydrogen-bond donors (Lipinski definition) is 4. The van der Waals surface area contributed by atoms with E-state index in [0.29, 0.717) is 28.3 Å². The number of benzene rings is 2. The summed E-state index contributed by atoms with van der Waals surface area (Å²) in [5, 5.41) is 25.3. The molecule has 4 aromatic rings. The van der Waals surface area contributed by atoms with Crippen molar-refractivity contribution in [3.8, 4) is 39.9 Å². The first-order chi connectivity index (χ1) is 16.2. The zero-order valence-corrected chi connectivity index (χ0v) is 18.5. The Morgan fingerprint density at radius 3 is 2.38 bits per heavy atom. The summed E-state index contributed by atoms with van der Waals surface area (Å²) < 4.78 is 34.4. The molecule has 0 saturated heterocycles. The summed E-state index contributed by atoms with van der Waals surface area (Å²) in [4.78, 5) is 15.7. The molecule has 0 radical (unpaired) electrons. The molecule has 0 aliphatic carbocycles. The van der Waals surface area contributed by atoms with Crippen LogP contribution in [0.5, 0.6) is 5.75 Å². The molecule has 0 fully saturated rings. The lowest BCUT2D eigenvalue weighted by molar-refractivity contribution is -0.0478. The zero-order valence-electron chi connectivity index (χ0n) is 17.7. The molecule has 2 aromatic carbocycles. The number of primary sulfonamides is 1. The number of nitrogens with two attached hydrogens (primary N) is 2. The minimum Gasteiger partial charge on any atom is -0.497 e. The van der Waals surface area contributed by atoms with Crippen LogP contribution in [-0.4, -0.2) is 52.2 Å². The molecular weight excluding hydrogens is 466 g/mol. The van der Waals surface area contributed by atoms with Crippen molar-refractivity contribution in [2.75, 3.05) is 7.11 Å². The highest BCUT2D eigenvalue weighted by molar-refractivity contribution is 7.89. The number of nitrogens with one attached hydrogen (secondary N) is 1. The van der Waals surface area contributed by atoms with Gasteiger partial charge in [0.1, 0.15) is 22.8 Å². The molecule has 0 spiro atoms. The van der Waals surface area contributed by atoms with Gasteiger partial charge in [0, 0.05) is 11.1 Å². The van der Waals surface area contributed by atoms with Crippen LogP contribution in [-0.2, 0) is 16.6 Å². The first-order valence-corrected chi connectivity index (χ1v) is 11.2. The maximum Gasteiger partial charge on any atom is 0.338 e. The third-order valence-electron chi connectivity index (χ3n) is 4.82. The number of aromatic nitrogens is 4. The van der Waals surface area contributed by atoms with E-state index in [2.05, 4.69) is 20.4 Å². The van der Waals surface area contributed by atoms with E-state index in [9.17, 15) is 18.4 Å². The van der Waals surface area contributed by atoms with Crippen molar-refractivity contribution in [1.29, 1.82) is 0 Å². The number of hydroxylamine groups is 2. The van der Waals surface area contributed by atoms with E-state index in [1.165, 1.54) is 24.3 Å². The van der Waals surface area contributed by atoms with Gasteiger partial charge >= 0.3 is 6.03 Å². The smallest absolute Gasteiger partial charge is 0.338 e. The molecule has 2 aromatic heterocycles. The van der Waals surface area contributed by atoms with Crippen LogP contribution in [0, 0.1) is 0 Å². The Kier molecular flexibility index (Phi) is 6.02. The Bertz CT molecular complexity index is 1430. The Morgan fingerprint density at radius 2 is 1.79 bits per heavy atom. The lowest BCUT2D eigenvalue weighted by Gasteiger charge is -2.09. The van der Waals surface area contributed by atoms with Crippen LogP contribution in [0.1, 0.15) is 5.69 Å². The van der Waals surface area contributed by atoms with Crippen LogP contribution in [0.25, 0.3) is 34.2 Å². The lowest BCUT2D eigenvalue weighted by Crippen LogP contribution is -2.32. The van der Waals surface area contributed by atoms with Gasteiger partial charge in [0.05, 0.1) is 18.6 Å². The third kappa shape index (κ3) is 4.59. The van der Waals surface area contributed by atoms with Gasteiger partial charge in [-0.25, -0.2) is 28.4 Å². The molecular formula is C20H19N7O6S. The van der Waals surface area contributed by atoms with Crippen molar-refractivity contribution in [3.63, 3.8) is 0 Å². The molecule has 13 nitrogen and oxygen atoms in total. The van der Waals surface area contributed by atoms with Crippen molar-refractivity contribution in [1.82, 2.24) is 25.5 Å². The third-order valence-corrected chi connectivity index (χ3v) is 5.75. The van der Waals surface area contributed by atoms with Crippen LogP contribution < -0.4 is 15.6 Å². The molecule has 0 saturated carbocycles. The maximum atomic E-state index is 11.6. The van der Waals surface area contributed by atoms with Crippen LogP contribution in [0.3, 0.4) is 0 Å². The van der Waals surface area contributed by atoms with Gasteiger partial charge in [0.25, 0.3) is 0 Å². The molecule has 14 heteroatoms. The fraction of sp³-hybridized carbons (Fsp3) is 0.100. The molecule has 4 rings (SSSR count).